The summed E-state index contributed by atoms with van der Waals surface area (Å²) in [6.45, 7) is 4.03. The van der Waals surface area contributed by atoms with E-state index in [2.05, 4.69) is 39.9 Å². The second-order valence-electron chi connectivity index (χ2n) is 7.55. The first kappa shape index (κ1) is 23.9. The van der Waals surface area contributed by atoms with Crippen molar-refractivity contribution in [3.05, 3.63) is 75.3 Å². The predicted molar refractivity (Wildman–Crippen MR) is 140 cm³/mol. The smallest absolute Gasteiger partial charge is 0.257 e. The summed E-state index contributed by atoms with van der Waals surface area (Å²) in [6.07, 6.45) is 0.970. The average Bonchev–Trinajstić information content (AvgIpc) is 3.21. The molecule has 3 aromatic carbocycles. The number of halogens is 2. The molecule has 0 fully saturated rings. The zero-order valence-electron chi connectivity index (χ0n) is 18.6. The molecule has 174 valence electrons. The Morgan fingerprint density at radius 1 is 1.06 bits per heavy atom. The van der Waals surface area contributed by atoms with Crippen LogP contribution < -0.4 is 15.4 Å². The molecule has 0 saturated carbocycles. The van der Waals surface area contributed by atoms with Crippen molar-refractivity contribution in [3.63, 3.8) is 0 Å². The molecular formula is C24H21Cl2N5O2S. The average molecular weight is 514 g/mol. The van der Waals surface area contributed by atoms with Crippen LogP contribution in [0.1, 0.15) is 28.4 Å². The number of aryl methyl sites for hydroxylation is 2. The van der Waals surface area contributed by atoms with Gasteiger partial charge in [-0.2, -0.15) is 4.80 Å². The Hall–Kier alpha value is -3.20. The van der Waals surface area contributed by atoms with Crippen LogP contribution in [-0.2, 0) is 6.42 Å². The summed E-state index contributed by atoms with van der Waals surface area (Å²) in [6, 6.07) is 14.8. The van der Waals surface area contributed by atoms with Gasteiger partial charge in [-0.15, -0.1) is 10.2 Å². The number of amides is 1. The van der Waals surface area contributed by atoms with Crippen molar-refractivity contribution < 1.29 is 9.53 Å². The van der Waals surface area contributed by atoms with Gasteiger partial charge >= 0.3 is 0 Å². The van der Waals surface area contributed by atoms with Crippen LogP contribution in [0, 0.1) is 6.92 Å². The number of nitrogens with one attached hydrogen (secondary N) is 2. The van der Waals surface area contributed by atoms with Gasteiger partial charge in [-0.3, -0.25) is 10.1 Å². The molecule has 0 saturated heterocycles. The zero-order chi connectivity index (χ0) is 24.4. The van der Waals surface area contributed by atoms with Crippen molar-refractivity contribution in [3.8, 4) is 11.4 Å². The quantitative estimate of drug-likeness (QED) is 0.331. The molecule has 0 atom stereocenters. The minimum Gasteiger partial charge on any atom is -0.494 e. The van der Waals surface area contributed by atoms with E-state index in [1.165, 1.54) is 24.8 Å². The number of anilines is 1. The summed E-state index contributed by atoms with van der Waals surface area (Å²) in [5.41, 5.74) is 5.42. The molecule has 34 heavy (non-hydrogen) atoms. The molecule has 0 aliphatic rings. The maximum atomic E-state index is 12.6. The van der Waals surface area contributed by atoms with Gasteiger partial charge in [0.15, 0.2) is 10.9 Å². The lowest BCUT2D eigenvalue weighted by Gasteiger charge is -2.13. The Morgan fingerprint density at radius 2 is 1.68 bits per heavy atom. The molecule has 0 aliphatic heterocycles. The maximum absolute atomic E-state index is 12.6. The number of benzene rings is 3. The Balaban J connectivity index is 1.51. The van der Waals surface area contributed by atoms with E-state index in [4.69, 9.17) is 40.2 Å². The molecule has 2 N–H and O–H groups in total. The highest BCUT2D eigenvalue weighted by atomic mass is 35.5. The second-order valence-corrected chi connectivity index (χ2v) is 8.77. The number of aromatic nitrogens is 3. The van der Waals surface area contributed by atoms with Crippen LogP contribution >= 0.6 is 35.4 Å². The molecule has 10 heteroatoms. The number of nitrogens with zero attached hydrogens (tertiary/aromatic N) is 3. The minimum atomic E-state index is -0.454. The van der Waals surface area contributed by atoms with Crippen LogP contribution in [0.15, 0.2) is 48.5 Å². The van der Waals surface area contributed by atoms with E-state index in [0.717, 1.165) is 23.2 Å². The molecule has 1 heterocycles. The minimum absolute atomic E-state index is 0.123. The lowest BCUT2D eigenvalue weighted by molar-refractivity contribution is 0.0977. The number of methoxy groups -OCH3 is 1. The first-order valence-corrected chi connectivity index (χ1v) is 11.6. The molecule has 7 nitrogen and oxygen atoms in total. The van der Waals surface area contributed by atoms with Gasteiger partial charge in [0.2, 0.25) is 0 Å². The fraction of sp³-hybridized carbons (Fsp3) is 0.167. The first-order valence-electron chi connectivity index (χ1n) is 10.4. The summed E-state index contributed by atoms with van der Waals surface area (Å²) in [7, 11) is 1.45. The lowest BCUT2D eigenvalue weighted by atomic mass is 10.2. The van der Waals surface area contributed by atoms with Crippen molar-refractivity contribution >= 4 is 63.2 Å². The number of fused-ring (bicyclic) bond motifs is 1. The highest BCUT2D eigenvalue weighted by molar-refractivity contribution is 7.80. The molecule has 0 bridgehead atoms. The van der Waals surface area contributed by atoms with Crippen molar-refractivity contribution in [1.82, 2.24) is 20.3 Å². The second kappa shape index (κ2) is 9.97. The summed E-state index contributed by atoms with van der Waals surface area (Å²) in [4.78, 5) is 14.2. The van der Waals surface area contributed by atoms with Gasteiger partial charge in [0.1, 0.15) is 11.0 Å². The summed E-state index contributed by atoms with van der Waals surface area (Å²) in [5, 5.41) is 15.4. The number of rotatable bonds is 5. The van der Waals surface area contributed by atoms with Gasteiger partial charge in [-0.05, 0) is 73.1 Å². The number of thiocarbonyl (C=S) groups is 1. The molecule has 0 spiro atoms. The number of ether oxygens (including phenoxy) is 1. The van der Waals surface area contributed by atoms with Crippen molar-refractivity contribution in [1.29, 1.82) is 0 Å². The van der Waals surface area contributed by atoms with E-state index < -0.39 is 5.91 Å². The highest BCUT2D eigenvalue weighted by Gasteiger charge is 2.15. The molecule has 0 unspecified atom stereocenters. The zero-order valence-corrected chi connectivity index (χ0v) is 21.0. The van der Waals surface area contributed by atoms with Gasteiger partial charge in [-0.25, -0.2) is 0 Å². The summed E-state index contributed by atoms with van der Waals surface area (Å²) >= 11 is 17.6. The normalized spacial score (nSPS) is 10.9. The molecule has 4 aromatic rings. The van der Waals surface area contributed by atoms with Crippen molar-refractivity contribution in [2.24, 2.45) is 0 Å². The van der Waals surface area contributed by atoms with Crippen LogP contribution in [0.2, 0.25) is 10.0 Å². The molecule has 0 radical (unpaired) electrons. The number of hydrogen-bond donors (Lipinski definition) is 2. The van der Waals surface area contributed by atoms with E-state index in [1.54, 1.807) is 4.80 Å². The fourth-order valence-electron chi connectivity index (χ4n) is 3.40. The molecular weight excluding hydrogens is 493 g/mol. The number of hydrogen-bond acceptors (Lipinski definition) is 5. The highest BCUT2D eigenvalue weighted by Crippen LogP contribution is 2.33. The molecule has 1 amide bonds. The Labute approximate surface area is 212 Å². The van der Waals surface area contributed by atoms with Crippen LogP contribution in [0.3, 0.4) is 0 Å². The van der Waals surface area contributed by atoms with E-state index in [9.17, 15) is 4.79 Å². The van der Waals surface area contributed by atoms with E-state index in [1.807, 2.05) is 31.2 Å². The Kier molecular flexibility index (Phi) is 7.02. The molecule has 1 aromatic heterocycles. The third kappa shape index (κ3) is 4.99. The number of carbonyl (C=O) groups is 1. The Bertz CT molecular complexity index is 1380. The van der Waals surface area contributed by atoms with Gasteiger partial charge in [0.05, 0.1) is 22.8 Å². The van der Waals surface area contributed by atoms with Gasteiger partial charge < -0.3 is 10.1 Å². The molecule has 0 aliphatic carbocycles. The predicted octanol–water partition coefficient (Wildman–Crippen LogP) is 5.73. The summed E-state index contributed by atoms with van der Waals surface area (Å²) < 4.78 is 5.11. The van der Waals surface area contributed by atoms with Crippen molar-refractivity contribution in [2.45, 2.75) is 20.3 Å². The van der Waals surface area contributed by atoms with Crippen LogP contribution in [0.5, 0.6) is 5.75 Å². The van der Waals surface area contributed by atoms with Gasteiger partial charge in [0.25, 0.3) is 5.91 Å². The third-order valence-electron chi connectivity index (χ3n) is 5.24. The maximum Gasteiger partial charge on any atom is 0.257 e. The van der Waals surface area contributed by atoms with Crippen LogP contribution in [0.25, 0.3) is 16.7 Å². The van der Waals surface area contributed by atoms with Gasteiger partial charge in [-0.1, -0.05) is 42.3 Å². The van der Waals surface area contributed by atoms with Crippen molar-refractivity contribution in [2.75, 3.05) is 12.4 Å². The third-order valence-corrected chi connectivity index (χ3v) is 6.01. The van der Waals surface area contributed by atoms with E-state index >= 15 is 0 Å². The monoisotopic (exact) mass is 513 g/mol. The summed E-state index contributed by atoms with van der Waals surface area (Å²) in [5.74, 6) is -0.150. The standard InChI is InChI=1S/C24H21Cl2N5O2S/c1-4-14-5-7-16(8-6-14)31-29-20-9-13(2)19(12-21(20)30-31)27-24(34)28-23(32)15-10-17(25)22(33-3)18(26)11-15/h5-12H,4H2,1-3H3,(H2,27,28,32,34). The van der Waals surface area contributed by atoms with Crippen LogP contribution in [0.4, 0.5) is 5.69 Å². The number of carbonyl (C=O) groups excluding carboxylic acids is 1. The Morgan fingerprint density at radius 3 is 2.26 bits per heavy atom. The van der Waals surface area contributed by atoms with E-state index in [0.29, 0.717) is 17.0 Å². The van der Waals surface area contributed by atoms with Crippen LogP contribution in [-0.4, -0.2) is 33.1 Å². The molecule has 4 rings (SSSR count). The first-order chi connectivity index (χ1) is 16.3. The largest absolute Gasteiger partial charge is 0.494 e. The SMILES string of the molecule is CCc1ccc(-n2nc3cc(C)c(NC(=S)NC(=O)c4cc(Cl)c(OC)c(Cl)c4)cc3n2)cc1. The van der Waals surface area contributed by atoms with Gasteiger partial charge in [0, 0.05) is 11.3 Å². The topological polar surface area (TPSA) is 81.1 Å². The van der Waals surface area contributed by atoms with E-state index in [-0.39, 0.29) is 20.7 Å². The lowest BCUT2D eigenvalue weighted by Crippen LogP contribution is -2.34. The fourth-order valence-corrected chi connectivity index (χ4v) is 4.24.